The quantitative estimate of drug-likeness (QED) is 0.555. The van der Waals surface area contributed by atoms with Gasteiger partial charge in [0.1, 0.15) is 19.4 Å². The number of esters is 2. The Bertz CT molecular complexity index is 437. The van der Waals surface area contributed by atoms with Crippen molar-refractivity contribution in [1.29, 1.82) is 0 Å². The molecular formula is C13H15NO5. The Morgan fingerprint density at radius 1 is 1.05 bits per heavy atom. The van der Waals surface area contributed by atoms with Gasteiger partial charge in [-0.1, -0.05) is 0 Å². The molecule has 0 aromatic heterocycles. The van der Waals surface area contributed by atoms with Crippen LogP contribution in [0.4, 0.5) is 5.69 Å². The fourth-order valence-corrected chi connectivity index (χ4v) is 1.44. The normalized spacial score (nSPS) is 9.58. The summed E-state index contributed by atoms with van der Waals surface area (Å²) in [5, 5.41) is 0. The third-order valence-corrected chi connectivity index (χ3v) is 2.49. The van der Waals surface area contributed by atoms with E-state index in [1.54, 1.807) is 24.3 Å². The van der Waals surface area contributed by atoms with Crippen LogP contribution in [0.5, 0.6) is 0 Å². The van der Waals surface area contributed by atoms with Crippen LogP contribution in [0.2, 0.25) is 0 Å². The van der Waals surface area contributed by atoms with Crippen LogP contribution >= 0.6 is 0 Å². The summed E-state index contributed by atoms with van der Waals surface area (Å²) in [6.07, 6.45) is 0.717. The van der Waals surface area contributed by atoms with Gasteiger partial charge in [-0.15, -0.1) is 0 Å². The largest absolute Gasteiger partial charge is 0.468 e. The summed E-state index contributed by atoms with van der Waals surface area (Å²) >= 11 is 0. The Labute approximate surface area is 110 Å². The molecule has 19 heavy (non-hydrogen) atoms. The molecule has 0 N–H and O–H groups in total. The maximum absolute atomic E-state index is 11.3. The van der Waals surface area contributed by atoms with Crippen molar-refractivity contribution in [1.82, 2.24) is 0 Å². The number of hydrogen-bond acceptors (Lipinski definition) is 6. The molecule has 1 aromatic rings. The second-order valence-electron chi connectivity index (χ2n) is 3.72. The zero-order chi connectivity index (χ0) is 14.3. The summed E-state index contributed by atoms with van der Waals surface area (Å²) in [6.45, 7) is -0.155. The highest BCUT2D eigenvalue weighted by atomic mass is 16.5. The number of methoxy groups -OCH3 is 2. The van der Waals surface area contributed by atoms with E-state index in [-0.39, 0.29) is 13.1 Å². The van der Waals surface area contributed by atoms with E-state index in [4.69, 9.17) is 0 Å². The molecule has 0 amide bonds. The number of benzene rings is 1. The van der Waals surface area contributed by atoms with Gasteiger partial charge in [0.05, 0.1) is 14.2 Å². The molecule has 0 saturated carbocycles. The minimum atomic E-state index is -0.469. The summed E-state index contributed by atoms with van der Waals surface area (Å²) in [6, 6.07) is 6.50. The van der Waals surface area contributed by atoms with Gasteiger partial charge in [-0.2, -0.15) is 0 Å². The standard InChI is InChI=1S/C13H15NO5/c1-18-12(16)7-14(8-13(17)19-2)11-5-3-10(9-15)4-6-11/h3-6,9H,7-8H2,1-2H3. The average molecular weight is 265 g/mol. The topological polar surface area (TPSA) is 72.9 Å². The molecule has 6 heteroatoms. The maximum Gasteiger partial charge on any atom is 0.325 e. The van der Waals surface area contributed by atoms with E-state index in [0.717, 1.165) is 0 Å². The summed E-state index contributed by atoms with van der Waals surface area (Å²) in [5.74, 6) is -0.938. The van der Waals surface area contributed by atoms with Crippen LogP contribution in [0.1, 0.15) is 10.4 Å². The first-order valence-electron chi connectivity index (χ1n) is 5.54. The van der Waals surface area contributed by atoms with Crippen molar-refractivity contribution >= 4 is 23.9 Å². The summed E-state index contributed by atoms with van der Waals surface area (Å²) in [7, 11) is 2.54. The number of carbonyl (C=O) groups is 3. The number of carbonyl (C=O) groups excluding carboxylic acids is 3. The zero-order valence-corrected chi connectivity index (χ0v) is 10.8. The maximum atomic E-state index is 11.3. The molecular weight excluding hydrogens is 250 g/mol. The van der Waals surface area contributed by atoms with Crippen molar-refractivity contribution in [2.75, 3.05) is 32.2 Å². The number of hydrogen-bond donors (Lipinski definition) is 0. The fraction of sp³-hybridized carbons (Fsp3) is 0.308. The predicted octanol–water partition coefficient (Wildman–Crippen LogP) is 0.651. The highest BCUT2D eigenvalue weighted by molar-refractivity contribution is 5.82. The van der Waals surface area contributed by atoms with Crippen LogP contribution < -0.4 is 4.90 Å². The Hall–Kier alpha value is -2.37. The molecule has 0 spiro atoms. The third-order valence-electron chi connectivity index (χ3n) is 2.49. The van der Waals surface area contributed by atoms with Gasteiger partial charge < -0.3 is 14.4 Å². The van der Waals surface area contributed by atoms with Gasteiger partial charge in [0.2, 0.25) is 0 Å². The van der Waals surface area contributed by atoms with Crippen molar-refractivity contribution in [3.05, 3.63) is 29.8 Å². The van der Waals surface area contributed by atoms with Gasteiger partial charge in [0, 0.05) is 11.3 Å². The molecule has 0 aliphatic rings. The Kier molecular flexibility index (Phi) is 5.53. The molecule has 0 bridgehead atoms. The van der Waals surface area contributed by atoms with Crippen molar-refractivity contribution in [2.24, 2.45) is 0 Å². The number of ether oxygens (including phenoxy) is 2. The number of nitrogens with zero attached hydrogens (tertiary/aromatic N) is 1. The first-order chi connectivity index (χ1) is 9.10. The molecule has 0 saturated heterocycles. The third kappa shape index (κ3) is 4.42. The number of aldehydes is 1. The van der Waals surface area contributed by atoms with Crippen LogP contribution in [0.25, 0.3) is 0 Å². The summed E-state index contributed by atoms with van der Waals surface area (Å²) in [4.78, 5) is 34.7. The van der Waals surface area contributed by atoms with Gasteiger partial charge >= 0.3 is 11.9 Å². The van der Waals surface area contributed by atoms with Gasteiger partial charge in [-0.25, -0.2) is 0 Å². The molecule has 102 valence electrons. The van der Waals surface area contributed by atoms with Crippen LogP contribution in [-0.2, 0) is 19.1 Å². The minimum Gasteiger partial charge on any atom is -0.468 e. The Morgan fingerprint density at radius 2 is 1.53 bits per heavy atom. The Balaban J connectivity index is 2.89. The first kappa shape index (κ1) is 14.7. The average Bonchev–Trinajstić information content (AvgIpc) is 2.46. The van der Waals surface area contributed by atoms with Crippen LogP contribution in [0, 0.1) is 0 Å². The molecule has 0 unspecified atom stereocenters. The molecule has 0 radical (unpaired) electrons. The van der Waals surface area contributed by atoms with Crippen molar-refractivity contribution < 1.29 is 23.9 Å². The fourth-order valence-electron chi connectivity index (χ4n) is 1.44. The lowest BCUT2D eigenvalue weighted by Crippen LogP contribution is -2.35. The van der Waals surface area contributed by atoms with E-state index < -0.39 is 11.9 Å². The summed E-state index contributed by atoms with van der Waals surface area (Å²) in [5.41, 5.74) is 1.14. The van der Waals surface area contributed by atoms with Crippen molar-refractivity contribution in [3.8, 4) is 0 Å². The number of anilines is 1. The smallest absolute Gasteiger partial charge is 0.325 e. The van der Waals surface area contributed by atoms with E-state index in [9.17, 15) is 14.4 Å². The monoisotopic (exact) mass is 265 g/mol. The second-order valence-corrected chi connectivity index (χ2v) is 3.72. The van der Waals surface area contributed by atoms with Crippen LogP contribution in [-0.4, -0.2) is 45.5 Å². The van der Waals surface area contributed by atoms with E-state index in [2.05, 4.69) is 9.47 Å². The lowest BCUT2D eigenvalue weighted by molar-refractivity contribution is -0.140. The molecule has 0 aliphatic carbocycles. The van der Waals surface area contributed by atoms with Crippen molar-refractivity contribution in [3.63, 3.8) is 0 Å². The molecule has 0 heterocycles. The summed E-state index contributed by atoms with van der Waals surface area (Å²) < 4.78 is 9.15. The lowest BCUT2D eigenvalue weighted by atomic mass is 10.2. The molecule has 0 fully saturated rings. The second kappa shape index (κ2) is 7.15. The van der Waals surface area contributed by atoms with Crippen molar-refractivity contribution in [2.45, 2.75) is 0 Å². The lowest BCUT2D eigenvalue weighted by Gasteiger charge is -2.22. The predicted molar refractivity (Wildman–Crippen MR) is 68.1 cm³/mol. The molecule has 1 rings (SSSR count). The SMILES string of the molecule is COC(=O)CN(CC(=O)OC)c1ccc(C=O)cc1. The minimum absolute atomic E-state index is 0.0773. The van der Waals surface area contributed by atoms with Gasteiger partial charge in [-0.3, -0.25) is 14.4 Å². The van der Waals surface area contributed by atoms with E-state index in [1.807, 2.05) is 0 Å². The van der Waals surface area contributed by atoms with E-state index >= 15 is 0 Å². The van der Waals surface area contributed by atoms with E-state index in [1.165, 1.54) is 19.1 Å². The van der Waals surface area contributed by atoms with E-state index in [0.29, 0.717) is 17.5 Å². The zero-order valence-electron chi connectivity index (χ0n) is 10.8. The highest BCUT2D eigenvalue weighted by Crippen LogP contribution is 2.14. The van der Waals surface area contributed by atoms with Crippen LogP contribution in [0.3, 0.4) is 0 Å². The molecule has 0 aliphatic heterocycles. The number of rotatable bonds is 6. The highest BCUT2D eigenvalue weighted by Gasteiger charge is 2.15. The first-order valence-corrected chi connectivity index (χ1v) is 5.54. The Morgan fingerprint density at radius 3 is 1.89 bits per heavy atom. The molecule has 1 aromatic carbocycles. The molecule has 6 nitrogen and oxygen atoms in total. The van der Waals surface area contributed by atoms with Gasteiger partial charge in [0.15, 0.2) is 0 Å². The van der Waals surface area contributed by atoms with Crippen LogP contribution in [0.15, 0.2) is 24.3 Å². The van der Waals surface area contributed by atoms with Gasteiger partial charge in [0.25, 0.3) is 0 Å². The van der Waals surface area contributed by atoms with Gasteiger partial charge in [-0.05, 0) is 24.3 Å². The molecule has 0 atom stereocenters.